The fraction of sp³-hybridized carbons (Fsp3) is 0.176. The van der Waals surface area contributed by atoms with Gasteiger partial charge in [-0.2, -0.15) is 0 Å². The molecule has 0 bridgehead atoms. The summed E-state index contributed by atoms with van der Waals surface area (Å²) in [7, 11) is 0. The first kappa shape index (κ1) is 14.4. The summed E-state index contributed by atoms with van der Waals surface area (Å²) in [5.74, 6) is 0.900. The molecule has 23 heavy (non-hydrogen) atoms. The summed E-state index contributed by atoms with van der Waals surface area (Å²) >= 11 is 7.33. The molecular weight excluding hydrogens is 326 g/mol. The predicted octanol–water partition coefficient (Wildman–Crippen LogP) is 3.91. The van der Waals surface area contributed by atoms with Crippen LogP contribution in [0.3, 0.4) is 0 Å². The van der Waals surface area contributed by atoms with Crippen LogP contribution in [-0.4, -0.2) is 15.0 Å². The maximum atomic E-state index is 5.59. The van der Waals surface area contributed by atoms with Crippen molar-refractivity contribution in [3.63, 3.8) is 0 Å². The van der Waals surface area contributed by atoms with Gasteiger partial charge in [-0.1, -0.05) is 12.1 Å². The van der Waals surface area contributed by atoms with Crippen molar-refractivity contribution in [3.8, 4) is 0 Å². The number of nitrogens with zero attached hydrogens (tertiary/aromatic N) is 2. The van der Waals surface area contributed by atoms with Crippen LogP contribution in [0.4, 0.5) is 0 Å². The maximum Gasteiger partial charge on any atom is 0.170 e. The molecule has 4 heterocycles. The Morgan fingerprint density at radius 3 is 2.87 bits per heavy atom. The number of thiocarbonyl (C=S) groups is 1. The average Bonchev–Trinajstić information content (AvgIpc) is 3.31. The standard InChI is InChI=1S/C17H15N3OS2/c22-17-19-15(13-6-1-2-8-18-13)16(14-7-4-10-23-14)20(17)11-12-5-3-9-21-12/h1-10,15-16H,11H2,(H,19,22)/t15-,16+/m0/s1. The van der Waals surface area contributed by atoms with Gasteiger partial charge >= 0.3 is 0 Å². The number of pyridine rings is 1. The van der Waals surface area contributed by atoms with Crippen LogP contribution < -0.4 is 5.32 Å². The molecule has 1 N–H and O–H groups in total. The lowest BCUT2D eigenvalue weighted by Gasteiger charge is -2.25. The molecule has 4 nitrogen and oxygen atoms in total. The summed E-state index contributed by atoms with van der Waals surface area (Å²) in [6.45, 7) is 0.644. The van der Waals surface area contributed by atoms with Gasteiger partial charge in [-0.3, -0.25) is 4.98 Å². The number of hydrogen-bond acceptors (Lipinski definition) is 4. The molecule has 1 fully saturated rings. The van der Waals surface area contributed by atoms with Gasteiger partial charge in [-0.05, 0) is 47.9 Å². The summed E-state index contributed by atoms with van der Waals surface area (Å²) < 4.78 is 5.51. The lowest BCUT2D eigenvalue weighted by molar-refractivity contribution is 0.291. The summed E-state index contributed by atoms with van der Waals surface area (Å²) in [6.07, 6.45) is 3.51. The fourth-order valence-corrected chi connectivity index (χ4v) is 4.09. The van der Waals surface area contributed by atoms with E-state index in [1.54, 1.807) is 17.6 Å². The van der Waals surface area contributed by atoms with E-state index in [2.05, 4.69) is 32.7 Å². The first-order valence-corrected chi connectivity index (χ1v) is 8.65. The topological polar surface area (TPSA) is 41.3 Å². The summed E-state index contributed by atoms with van der Waals surface area (Å²) in [5.41, 5.74) is 0.996. The Labute approximate surface area is 143 Å². The van der Waals surface area contributed by atoms with E-state index in [-0.39, 0.29) is 12.1 Å². The highest BCUT2D eigenvalue weighted by molar-refractivity contribution is 7.80. The Kier molecular flexibility index (Phi) is 3.85. The highest BCUT2D eigenvalue weighted by atomic mass is 32.1. The maximum absolute atomic E-state index is 5.59. The molecule has 3 aromatic heterocycles. The smallest absolute Gasteiger partial charge is 0.170 e. The van der Waals surface area contributed by atoms with E-state index in [0.717, 1.165) is 16.6 Å². The van der Waals surface area contributed by atoms with Crippen LogP contribution in [0.5, 0.6) is 0 Å². The van der Waals surface area contributed by atoms with Crippen molar-refractivity contribution in [2.75, 3.05) is 0 Å². The number of furan rings is 1. The molecule has 1 aliphatic rings. The lowest BCUT2D eigenvalue weighted by atomic mass is 10.0. The molecule has 0 spiro atoms. The number of thiophene rings is 1. The molecule has 3 aromatic rings. The average molecular weight is 341 g/mol. The summed E-state index contributed by atoms with van der Waals surface area (Å²) in [6, 6.07) is 14.2. The predicted molar refractivity (Wildman–Crippen MR) is 94.0 cm³/mol. The number of rotatable bonds is 4. The van der Waals surface area contributed by atoms with Gasteiger partial charge in [-0.15, -0.1) is 11.3 Å². The van der Waals surface area contributed by atoms with Gasteiger partial charge in [0.1, 0.15) is 5.76 Å². The van der Waals surface area contributed by atoms with Gasteiger partial charge < -0.3 is 14.6 Å². The van der Waals surface area contributed by atoms with Crippen molar-refractivity contribution in [2.24, 2.45) is 0 Å². The van der Waals surface area contributed by atoms with Crippen LogP contribution >= 0.6 is 23.6 Å². The van der Waals surface area contributed by atoms with Crippen molar-refractivity contribution in [3.05, 3.63) is 76.6 Å². The monoisotopic (exact) mass is 341 g/mol. The first-order chi connectivity index (χ1) is 11.3. The van der Waals surface area contributed by atoms with Crippen LogP contribution in [0.25, 0.3) is 0 Å². The lowest BCUT2D eigenvalue weighted by Crippen LogP contribution is -2.28. The molecule has 116 valence electrons. The summed E-state index contributed by atoms with van der Waals surface area (Å²) in [5, 5.41) is 6.26. The molecule has 2 atom stereocenters. The van der Waals surface area contributed by atoms with Crippen LogP contribution in [-0.2, 0) is 6.54 Å². The van der Waals surface area contributed by atoms with Gasteiger partial charge in [0.2, 0.25) is 0 Å². The third kappa shape index (κ3) is 2.75. The zero-order valence-electron chi connectivity index (χ0n) is 12.3. The van der Waals surface area contributed by atoms with Gasteiger partial charge in [0.05, 0.1) is 30.6 Å². The van der Waals surface area contributed by atoms with Crippen LogP contribution in [0.2, 0.25) is 0 Å². The van der Waals surface area contributed by atoms with Crippen molar-refractivity contribution in [1.82, 2.24) is 15.2 Å². The number of nitrogens with one attached hydrogen (secondary N) is 1. The van der Waals surface area contributed by atoms with Gasteiger partial charge in [0, 0.05) is 11.1 Å². The summed E-state index contributed by atoms with van der Waals surface area (Å²) in [4.78, 5) is 7.96. The minimum atomic E-state index is 0.0392. The van der Waals surface area contributed by atoms with E-state index in [4.69, 9.17) is 16.6 Å². The molecule has 0 aromatic carbocycles. The zero-order chi connectivity index (χ0) is 15.6. The minimum Gasteiger partial charge on any atom is -0.467 e. The quantitative estimate of drug-likeness (QED) is 0.729. The van der Waals surface area contributed by atoms with Crippen molar-refractivity contribution in [2.45, 2.75) is 18.6 Å². The second-order valence-electron chi connectivity index (χ2n) is 5.35. The van der Waals surface area contributed by atoms with E-state index < -0.39 is 0 Å². The van der Waals surface area contributed by atoms with Crippen molar-refractivity contribution < 1.29 is 4.42 Å². The van der Waals surface area contributed by atoms with Gasteiger partial charge in [-0.25, -0.2) is 0 Å². The Bertz CT molecular complexity index is 772. The van der Waals surface area contributed by atoms with E-state index in [1.807, 2.05) is 36.5 Å². The van der Waals surface area contributed by atoms with E-state index in [0.29, 0.717) is 6.54 Å². The van der Waals surface area contributed by atoms with Crippen molar-refractivity contribution in [1.29, 1.82) is 0 Å². The molecule has 0 radical (unpaired) electrons. The molecule has 0 saturated carbocycles. The fourth-order valence-electron chi connectivity index (χ4n) is 2.91. The van der Waals surface area contributed by atoms with Crippen molar-refractivity contribution >= 4 is 28.7 Å². The molecule has 1 aliphatic heterocycles. The largest absolute Gasteiger partial charge is 0.467 e. The Morgan fingerprint density at radius 1 is 1.22 bits per heavy atom. The second kappa shape index (κ2) is 6.14. The molecule has 0 amide bonds. The van der Waals surface area contributed by atoms with E-state index in [9.17, 15) is 0 Å². The first-order valence-electron chi connectivity index (χ1n) is 7.37. The highest BCUT2D eigenvalue weighted by Gasteiger charge is 2.40. The van der Waals surface area contributed by atoms with Crippen LogP contribution in [0.15, 0.2) is 64.7 Å². The Morgan fingerprint density at radius 2 is 2.17 bits per heavy atom. The Balaban J connectivity index is 1.71. The van der Waals surface area contributed by atoms with Gasteiger partial charge in [0.15, 0.2) is 5.11 Å². The molecule has 6 heteroatoms. The highest BCUT2D eigenvalue weighted by Crippen LogP contribution is 2.41. The zero-order valence-corrected chi connectivity index (χ0v) is 13.9. The normalized spacial score (nSPS) is 20.7. The minimum absolute atomic E-state index is 0.0392. The molecule has 0 unspecified atom stereocenters. The number of hydrogen-bond donors (Lipinski definition) is 1. The van der Waals surface area contributed by atoms with Crippen LogP contribution in [0.1, 0.15) is 28.4 Å². The second-order valence-corrected chi connectivity index (χ2v) is 6.72. The molecule has 0 aliphatic carbocycles. The van der Waals surface area contributed by atoms with E-state index in [1.165, 1.54) is 4.88 Å². The molecular formula is C17H15N3OS2. The third-order valence-electron chi connectivity index (χ3n) is 3.94. The number of aromatic nitrogens is 1. The Hall–Kier alpha value is -2.18. The van der Waals surface area contributed by atoms with Crippen LogP contribution in [0, 0.1) is 0 Å². The third-order valence-corrected chi connectivity index (χ3v) is 5.23. The van der Waals surface area contributed by atoms with E-state index >= 15 is 0 Å². The van der Waals surface area contributed by atoms with Gasteiger partial charge in [0.25, 0.3) is 0 Å². The molecule has 1 saturated heterocycles. The molecule has 4 rings (SSSR count). The SMILES string of the molecule is S=C1N[C@@H](c2ccccn2)[C@@H](c2cccs2)N1Cc1ccco1.